The fourth-order valence-corrected chi connectivity index (χ4v) is 2.98. The van der Waals surface area contributed by atoms with Crippen molar-refractivity contribution < 1.29 is 13.9 Å². The van der Waals surface area contributed by atoms with Crippen LogP contribution in [0.1, 0.15) is 5.76 Å². The summed E-state index contributed by atoms with van der Waals surface area (Å²) in [6.45, 7) is 1.33. The molecule has 0 saturated carbocycles. The lowest BCUT2D eigenvalue weighted by Gasteiger charge is -2.08. The van der Waals surface area contributed by atoms with Crippen LogP contribution in [0.5, 0.6) is 5.75 Å². The third kappa shape index (κ3) is 5.53. The average molecular weight is 393 g/mol. The zero-order chi connectivity index (χ0) is 18.2. The van der Waals surface area contributed by atoms with E-state index in [0.29, 0.717) is 35.6 Å². The molecule has 0 spiro atoms. The van der Waals surface area contributed by atoms with Gasteiger partial charge in [0.1, 0.15) is 24.4 Å². The molecular formula is C17H17ClN4O3S. The predicted molar refractivity (Wildman–Crippen MR) is 98.5 cm³/mol. The average Bonchev–Trinajstić information content (AvgIpc) is 3.31. The van der Waals surface area contributed by atoms with Crippen LogP contribution in [0.3, 0.4) is 0 Å². The molecule has 0 radical (unpaired) electrons. The van der Waals surface area contributed by atoms with Gasteiger partial charge in [0.25, 0.3) is 0 Å². The maximum Gasteiger partial charge on any atom is 0.230 e. The van der Waals surface area contributed by atoms with Gasteiger partial charge >= 0.3 is 0 Å². The first-order valence-electron chi connectivity index (χ1n) is 7.89. The van der Waals surface area contributed by atoms with Crippen LogP contribution in [0, 0.1) is 0 Å². The lowest BCUT2D eigenvalue weighted by molar-refractivity contribution is -0.118. The van der Waals surface area contributed by atoms with Gasteiger partial charge in [0.15, 0.2) is 5.16 Å². The van der Waals surface area contributed by atoms with E-state index in [0.717, 1.165) is 5.76 Å². The normalized spacial score (nSPS) is 10.7. The van der Waals surface area contributed by atoms with Crippen LogP contribution < -0.4 is 10.1 Å². The molecule has 2 heterocycles. The summed E-state index contributed by atoms with van der Waals surface area (Å²) in [5.74, 6) is 1.67. The molecule has 1 aromatic carbocycles. The number of rotatable bonds is 9. The number of ether oxygens (including phenoxy) is 1. The second-order valence-electron chi connectivity index (χ2n) is 5.26. The van der Waals surface area contributed by atoms with Crippen molar-refractivity contribution in [3.05, 3.63) is 59.8 Å². The Bertz CT molecular complexity index is 821. The highest BCUT2D eigenvalue weighted by Crippen LogP contribution is 2.16. The summed E-state index contributed by atoms with van der Waals surface area (Å²) in [4.78, 5) is 11.9. The minimum Gasteiger partial charge on any atom is -0.492 e. The maximum atomic E-state index is 11.9. The van der Waals surface area contributed by atoms with Crippen LogP contribution in [0.2, 0.25) is 5.02 Å². The number of benzene rings is 1. The molecule has 136 valence electrons. The fraction of sp³-hybridized carbons (Fsp3) is 0.235. The molecule has 1 N–H and O–H groups in total. The Hall–Kier alpha value is -2.45. The van der Waals surface area contributed by atoms with Crippen molar-refractivity contribution in [1.82, 2.24) is 20.1 Å². The van der Waals surface area contributed by atoms with Crippen LogP contribution in [0.25, 0.3) is 0 Å². The minimum atomic E-state index is -0.0951. The third-order valence-electron chi connectivity index (χ3n) is 3.33. The van der Waals surface area contributed by atoms with Gasteiger partial charge in [0.05, 0.1) is 25.1 Å². The molecule has 3 rings (SSSR count). The zero-order valence-electron chi connectivity index (χ0n) is 13.8. The summed E-state index contributed by atoms with van der Waals surface area (Å²) in [7, 11) is 0. The smallest absolute Gasteiger partial charge is 0.230 e. The number of amides is 1. The van der Waals surface area contributed by atoms with E-state index < -0.39 is 0 Å². The van der Waals surface area contributed by atoms with Crippen molar-refractivity contribution in [2.45, 2.75) is 11.7 Å². The standard InChI is InChI=1S/C17H17ClN4O3S/c18-13-3-5-14(6-4-13)25-9-7-19-16(23)11-26-17-21-20-12-22(17)10-15-2-1-8-24-15/h1-6,8,12H,7,9-11H2,(H,19,23). The molecule has 0 atom stereocenters. The van der Waals surface area contributed by atoms with E-state index in [4.69, 9.17) is 20.8 Å². The number of furan rings is 1. The Kier molecular flexibility index (Phi) is 6.56. The highest BCUT2D eigenvalue weighted by molar-refractivity contribution is 7.99. The van der Waals surface area contributed by atoms with Gasteiger partial charge in [-0.15, -0.1) is 10.2 Å². The van der Waals surface area contributed by atoms with Crippen molar-refractivity contribution in [2.24, 2.45) is 0 Å². The van der Waals surface area contributed by atoms with Gasteiger partial charge in [0, 0.05) is 5.02 Å². The lowest BCUT2D eigenvalue weighted by Crippen LogP contribution is -2.29. The largest absolute Gasteiger partial charge is 0.492 e. The first-order valence-corrected chi connectivity index (χ1v) is 9.25. The van der Waals surface area contributed by atoms with Crippen molar-refractivity contribution in [3.8, 4) is 5.75 Å². The summed E-state index contributed by atoms with van der Waals surface area (Å²) in [6.07, 6.45) is 3.23. The molecule has 0 saturated heterocycles. The topological polar surface area (TPSA) is 82.2 Å². The number of carbonyl (C=O) groups excluding carboxylic acids is 1. The monoisotopic (exact) mass is 392 g/mol. The molecule has 0 fully saturated rings. The van der Waals surface area contributed by atoms with Gasteiger partial charge < -0.3 is 19.0 Å². The van der Waals surface area contributed by atoms with Crippen molar-refractivity contribution in [3.63, 3.8) is 0 Å². The number of thioether (sulfide) groups is 1. The van der Waals surface area contributed by atoms with Crippen LogP contribution in [0.4, 0.5) is 0 Å². The molecule has 7 nitrogen and oxygen atoms in total. The molecule has 0 unspecified atom stereocenters. The molecule has 9 heteroatoms. The molecule has 0 bridgehead atoms. The van der Waals surface area contributed by atoms with Crippen LogP contribution in [-0.2, 0) is 11.3 Å². The lowest BCUT2D eigenvalue weighted by atomic mass is 10.3. The second-order valence-corrected chi connectivity index (χ2v) is 6.64. The van der Waals surface area contributed by atoms with Gasteiger partial charge in [-0.3, -0.25) is 4.79 Å². The Morgan fingerprint density at radius 3 is 2.92 bits per heavy atom. The zero-order valence-corrected chi connectivity index (χ0v) is 15.4. The van der Waals surface area contributed by atoms with Crippen LogP contribution >= 0.6 is 23.4 Å². The first-order chi connectivity index (χ1) is 12.7. The summed E-state index contributed by atoms with van der Waals surface area (Å²) >= 11 is 7.13. The summed E-state index contributed by atoms with van der Waals surface area (Å²) < 4.78 is 12.7. The van der Waals surface area contributed by atoms with Crippen molar-refractivity contribution >= 4 is 29.3 Å². The summed E-state index contributed by atoms with van der Waals surface area (Å²) in [5.41, 5.74) is 0. The quantitative estimate of drug-likeness (QED) is 0.445. The predicted octanol–water partition coefficient (Wildman–Crippen LogP) is 2.86. The Labute approximate surface area is 159 Å². The van der Waals surface area contributed by atoms with Crippen molar-refractivity contribution in [1.29, 1.82) is 0 Å². The van der Waals surface area contributed by atoms with E-state index in [-0.39, 0.29) is 11.7 Å². The number of hydrogen-bond acceptors (Lipinski definition) is 6. The Morgan fingerprint density at radius 1 is 1.31 bits per heavy atom. The number of carbonyl (C=O) groups is 1. The minimum absolute atomic E-state index is 0.0951. The number of aromatic nitrogens is 3. The highest BCUT2D eigenvalue weighted by atomic mass is 35.5. The van der Waals surface area contributed by atoms with E-state index in [9.17, 15) is 4.79 Å². The summed E-state index contributed by atoms with van der Waals surface area (Å²) in [5, 5.41) is 12.0. The number of nitrogens with zero attached hydrogens (tertiary/aromatic N) is 3. The second kappa shape index (κ2) is 9.30. The number of nitrogens with one attached hydrogen (secondary N) is 1. The maximum absolute atomic E-state index is 11.9. The molecule has 0 aliphatic heterocycles. The molecule has 3 aromatic rings. The van der Waals surface area contributed by atoms with Crippen molar-refractivity contribution in [2.75, 3.05) is 18.9 Å². The number of halogens is 1. The number of hydrogen-bond donors (Lipinski definition) is 1. The van der Waals surface area contributed by atoms with E-state index in [2.05, 4.69) is 15.5 Å². The molecule has 0 aliphatic rings. The molecular weight excluding hydrogens is 376 g/mol. The van der Waals surface area contributed by atoms with Gasteiger partial charge in [-0.2, -0.15) is 0 Å². The molecule has 1 amide bonds. The van der Waals surface area contributed by atoms with Gasteiger partial charge in [0.2, 0.25) is 5.91 Å². The van der Waals surface area contributed by atoms with Gasteiger partial charge in [-0.1, -0.05) is 23.4 Å². The molecule has 0 aliphatic carbocycles. The van der Waals surface area contributed by atoms with E-state index >= 15 is 0 Å². The van der Waals surface area contributed by atoms with Crippen LogP contribution in [-0.4, -0.2) is 39.6 Å². The van der Waals surface area contributed by atoms with E-state index in [1.165, 1.54) is 11.8 Å². The van der Waals surface area contributed by atoms with Crippen LogP contribution in [0.15, 0.2) is 58.6 Å². The van der Waals surface area contributed by atoms with Gasteiger partial charge in [-0.05, 0) is 36.4 Å². The van der Waals surface area contributed by atoms with E-state index in [1.807, 2.05) is 16.7 Å². The SMILES string of the molecule is O=C(CSc1nncn1Cc1ccco1)NCCOc1ccc(Cl)cc1. The highest BCUT2D eigenvalue weighted by Gasteiger charge is 2.10. The molecule has 2 aromatic heterocycles. The Morgan fingerprint density at radius 2 is 2.15 bits per heavy atom. The summed E-state index contributed by atoms with van der Waals surface area (Å²) in [6, 6.07) is 10.8. The van der Waals surface area contributed by atoms with Gasteiger partial charge in [-0.25, -0.2) is 0 Å². The third-order valence-corrected chi connectivity index (χ3v) is 4.56. The molecule has 26 heavy (non-hydrogen) atoms. The van der Waals surface area contributed by atoms with E-state index in [1.54, 1.807) is 36.9 Å². The fourth-order valence-electron chi connectivity index (χ4n) is 2.11. The first kappa shape index (κ1) is 18.3. The Balaban J connectivity index is 1.36.